The summed E-state index contributed by atoms with van der Waals surface area (Å²) in [5.41, 5.74) is 1.08. The van der Waals surface area contributed by atoms with Crippen LogP contribution in [0.4, 0.5) is 5.69 Å². The lowest BCUT2D eigenvalue weighted by molar-refractivity contribution is 0.368. The van der Waals surface area contributed by atoms with Crippen LogP contribution in [0.15, 0.2) is 24.3 Å². The van der Waals surface area contributed by atoms with Gasteiger partial charge in [0.1, 0.15) is 11.8 Å². The Bertz CT molecular complexity index is 300. The maximum absolute atomic E-state index is 8.31. The number of ether oxygens (including phenoxy) is 1. The van der Waals surface area contributed by atoms with E-state index in [0.717, 1.165) is 24.4 Å². The van der Waals surface area contributed by atoms with E-state index in [-0.39, 0.29) is 6.61 Å². The highest BCUT2D eigenvalue weighted by Gasteiger charge is 1.93. The van der Waals surface area contributed by atoms with Crippen molar-refractivity contribution in [3.8, 4) is 11.8 Å². The lowest BCUT2D eigenvalue weighted by Gasteiger charge is -2.05. The number of nitrogens with one attached hydrogen (secondary N) is 1. The molecule has 0 bridgehead atoms. The zero-order valence-electron chi connectivity index (χ0n) is 8.29. The van der Waals surface area contributed by atoms with Crippen LogP contribution < -0.4 is 10.1 Å². The number of nitriles is 1. The van der Waals surface area contributed by atoms with Gasteiger partial charge in [0.05, 0.1) is 0 Å². The summed E-state index contributed by atoms with van der Waals surface area (Å²) in [4.78, 5) is 0. The van der Waals surface area contributed by atoms with Crippen molar-refractivity contribution in [2.75, 3.05) is 18.5 Å². The molecule has 0 spiro atoms. The lowest BCUT2D eigenvalue weighted by Crippen LogP contribution is -1.99. The monoisotopic (exact) mass is 190 g/mol. The van der Waals surface area contributed by atoms with Gasteiger partial charge in [-0.05, 0) is 30.7 Å². The van der Waals surface area contributed by atoms with Gasteiger partial charge in [0.25, 0.3) is 0 Å². The van der Waals surface area contributed by atoms with E-state index in [4.69, 9.17) is 10.00 Å². The largest absolute Gasteiger partial charge is 0.479 e. The molecule has 3 heteroatoms. The van der Waals surface area contributed by atoms with E-state index in [0.29, 0.717) is 0 Å². The van der Waals surface area contributed by atoms with E-state index < -0.39 is 0 Å². The summed E-state index contributed by atoms with van der Waals surface area (Å²) >= 11 is 0. The van der Waals surface area contributed by atoms with Crippen molar-refractivity contribution in [3.63, 3.8) is 0 Å². The molecule has 0 aliphatic heterocycles. The fourth-order valence-electron chi connectivity index (χ4n) is 1.05. The molecule has 1 aromatic rings. The van der Waals surface area contributed by atoms with Crippen molar-refractivity contribution in [3.05, 3.63) is 24.3 Å². The van der Waals surface area contributed by atoms with Crippen LogP contribution in [0, 0.1) is 11.3 Å². The number of benzene rings is 1. The molecule has 14 heavy (non-hydrogen) atoms. The van der Waals surface area contributed by atoms with Crippen LogP contribution in [0.1, 0.15) is 13.3 Å². The van der Waals surface area contributed by atoms with Gasteiger partial charge in [-0.15, -0.1) is 0 Å². The van der Waals surface area contributed by atoms with Crippen molar-refractivity contribution in [2.45, 2.75) is 13.3 Å². The molecule has 0 radical (unpaired) electrons. The van der Waals surface area contributed by atoms with Gasteiger partial charge in [0, 0.05) is 12.2 Å². The summed E-state index contributed by atoms with van der Waals surface area (Å²) in [6.45, 7) is 3.19. The van der Waals surface area contributed by atoms with Crippen molar-refractivity contribution in [1.29, 1.82) is 5.26 Å². The summed E-state index contributed by atoms with van der Waals surface area (Å²) < 4.78 is 5.13. The Kier molecular flexibility index (Phi) is 4.36. The number of nitrogens with zero attached hydrogens (tertiary/aromatic N) is 1. The number of hydrogen-bond donors (Lipinski definition) is 1. The average molecular weight is 190 g/mol. The maximum Gasteiger partial charge on any atom is 0.174 e. The highest BCUT2D eigenvalue weighted by atomic mass is 16.5. The number of rotatable bonds is 5. The highest BCUT2D eigenvalue weighted by molar-refractivity contribution is 5.46. The quantitative estimate of drug-likeness (QED) is 0.775. The van der Waals surface area contributed by atoms with E-state index in [1.807, 2.05) is 30.3 Å². The van der Waals surface area contributed by atoms with Gasteiger partial charge in [0.15, 0.2) is 6.61 Å². The molecular formula is C11H14N2O. The second-order valence-corrected chi connectivity index (χ2v) is 2.90. The van der Waals surface area contributed by atoms with E-state index in [2.05, 4.69) is 12.2 Å². The molecule has 1 N–H and O–H groups in total. The Morgan fingerprint density at radius 2 is 2.07 bits per heavy atom. The Balaban J connectivity index is 2.47. The third-order valence-electron chi connectivity index (χ3n) is 1.74. The van der Waals surface area contributed by atoms with Crippen LogP contribution in [-0.2, 0) is 0 Å². The fraction of sp³-hybridized carbons (Fsp3) is 0.364. The van der Waals surface area contributed by atoms with Crippen molar-refractivity contribution >= 4 is 5.69 Å². The van der Waals surface area contributed by atoms with Gasteiger partial charge >= 0.3 is 0 Å². The normalized spacial score (nSPS) is 9.14. The Labute approximate surface area is 84.3 Å². The Hall–Kier alpha value is -1.69. The first-order valence-electron chi connectivity index (χ1n) is 4.70. The maximum atomic E-state index is 8.31. The molecular weight excluding hydrogens is 176 g/mol. The average Bonchev–Trinajstić information content (AvgIpc) is 2.25. The van der Waals surface area contributed by atoms with E-state index in [1.165, 1.54) is 0 Å². The summed E-state index contributed by atoms with van der Waals surface area (Å²) in [6, 6.07) is 9.53. The first kappa shape index (κ1) is 10.4. The number of anilines is 1. The molecule has 74 valence electrons. The third-order valence-corrected chi connectivity index (χ3v) is 1.74. The van der Waals surface area contributed by atoms with Crippen LogP contribution in [0.3, 0.4) is 0 Å². The molecule has 0 saturated heterocycles. The molecule has 0 saturated carbocycles. The van der Waals surface area contributed by atoms with Crippen molar-refractivity contribution in [2.24, 2.45) is 0 Å². The number of hydrogen-bond acceptors (Lipinski definition) is 3. The molecule has 3 nitrogen and oxygen atoms in total. The van der Waals surface area contributed by atoms with Crippen LogP contribution in [-0.4, -0.2) is 13.2 Å². The molecule has 0 unspecified atom stereocenters. The standard InChI is InChI=1S/C11H14N2O/c1-2-8-13-10-3-5-11(6-4-10)14-9-7-12/h3-6,13H,2,8-9H2,1H3. The first-order valence-corrected chi connectivity index (χ1v) is 4.70. The van der Waals surface area contributed by atoms with Gasteiger partial charge in [-0.2, -0.15) is 5.26 Å². The van der Waals surface area contributed by atoms with Gasteiger partial charge in [-0.25, -0.2) is 0 Å². The lowest BCUT2D eigenvalue weighted by atomic mass is 10.3. The predicted octanol–water partition coefficient (Wildman–Crippen LogP) is 2.41. The van der Waals surface area contributed by atoms with Gasteiger partial charge < -0.3 is 10.1 Å². The first-order chi connectivity index (χ1) is 6.86. The van der Waals surface area contributed by atoms with Crippen LogP contribution >= 0.6 is 0 Å². The van der Waals surface area contributed by atoms with Crippen LogP contribution in [0.2, 0.25) is 0 Å². The zero-order chi connectivity index (χ0) is 10.2. The SMILES string of the molecule is CCCNc1ccc(OCC#N)cc1. The minimum Gasteiger partial charge on any atom is -0.479 e. The van der Waals surface area contributed by atoms with Gasteiger partial charge in [0.2, 0.25) is 0 Å². The van der Waals surface area contributed by atoms with Gasteiger partial charge in [-0.1, -0.05) is 6.92 Å². The van der Waals surface area contributed by atoms with Crippen molar-refractivity contribution < 1.29 is 4.74 Å². The van der Waals surface area contributed by atoms with Crippen LogP contribution in [0.5, 0.6) is 5.75 Å². The summed E-state index contributed by atoms with van der Waals surface area (Å²) in [5.74, 6) is 0.730. The third kappa shape index (κ3) is 3.36. The molecule has 1 rings (SSSR count). The molecule has 0 heterocycles. The smallest absolute Gasteiger partial charge is 0.174 e. The van der Waals surface area contributed by atoms with Crippen LogP contribution in [0.25, 0.3) is 0 Å². The Morgan fingerprint density at radius 1 is 1.36 bits per heavy atom. The molecule has 0 aromatic heterocycles. The summed E-state index contributed by atoms with van der Waals surface area (Å²) in [7, 11) is 0. The minimum absolute atomic E-state index is 0.0989. The Morgan fingerprint density at radius 3 is 2.64 bits per heavy atom. The topological polar surface area (TPSA) is 45.0 Å². The van der Waals surface area contributed by atoms with Crippen molar-refractivity contribution in [1.82, 2.24) is 0 Å². The zero-order valence-corrected chi connectivity index (χ0v) is 8.29. The summed E-state index contributed by atoms with van der Waals surface area (Å²) in [6.07, 6.45) is 1.10. The molecule has 0 atom stereocenters. The van der Waals surface area contributed by atoms with E-state index in [1.54, 1.807) is 0 Å². The second-order valence-electron chi connectivity index (χ2n) is 2.90. The predicted molar refractivity (Wildman–Crippen MR) is 56.3 cm³/mol. The fourth-order valence-corrected chi connectivity index (χ4v) is 1.05. The molecule has 0 aliphatic rings. The second kappa shape index (κ2) is 5.87. The molecule has 0 aliphatic carbocycles. The molecule has 0 amide bonds. The van der Waals surface area contributed by atoms with Gasteiger partial charge in [-0.3, -0.25) is 0 Å². The van der Waals surface area contributed by atoms with E-state index in [9.17, 15) is 0 Å². The van der Waals surface area contributed by atoms with E-state index >= 15 is 0 Å². The highest BCUT2D eigenvalue weighted by Crippen LogP contribution is 2.15. The molecule has 1 aromatic carbocycles. The minimum atomic E-state index is 0.0989. The summed E-state index contributed by atoms with van der Waals surface area (Å²) in [5, 5.41) is 11.6. The molecule has 0 fully saturated rings.